The standard InChI is InChI=1S/C20H28N2O6/c1-20(2)9-14-5-4-6-16(19(14)28-20)27-13-17(23)22-7-8-26-15(11-22)10-21(3)12-18(24)25/h4-6,15H,7-13H2,1-3H3,(H,24,25). The molecule has 2 aliphatic heterocycles. The summed E-state index contributed by atoms with van der Waals surface area (Å²) in [5.41, 5.74) is 0.813. The topological polar surface area (TPSA) is 88.5 Å². The Hall–Kier alpha value is -2.32. The number of ether oxygens (including phenoxy) is 3. The zero-order valence-electron chi connectivity index (χ0n) is 16.6. The Morgan fingerprint density at radius 3 is 2.93 bits per heavy atom. The minimum atomic E-state index is -0.888. The highest BCUT2D eigenvalue weighted by Crippen LogP contribution is 2.41. The molecule has 1 fully saturated rings. The van der Waals surface area contributed by atoms with Crippen LogP contribution in [-0.4, -0.2) is 84.9 Å². The largest absolute Gasteiger partial charge is 0.483 e. The third-order valence-corrected chi connectivity index (χ3v) is 4.82. The van der Waals surface area contributed by atoms with Gasteiger partial charge < -0.3 is 24.2 Å². The van der Waals surface area contributed by atoms with Crippen molar-refractivity contribution in [2.24, 2.45) is 0 Å². The van der Waals surface area contributed by atoms with Crippen LogP contribution in [0.25, 0.3) is 0 Å². The predicted octanol–water partition coefficient (Wildman–Crippen LogP) is 1.02. The number of nitrogens with zero attached hydrogens (tertiary/aromatic N) is 2. The van der Waals surface area contributed by atoms with Crippen LogP contribution in [0.3, 0.4) is 0 Å². The normalized spacial score (nSPS) is 20.6. The number of para-hydroxylation sites is 1. The maximum Gasteiger partial charge on any atom is 0.317 e. The molecule has 0 aromatic heterocycles. The summed E-state index contributed by atoms with van der Waals surface area (Å²) >= 11 is 0. The number of hydrogen-bond donors (Lipinski definition) is 1. The predicted molar refractivity (Wildman–Crippen MR) is 102 cm³/mol. The fourth-order valence-corrected chi connectivity index (χ4v) is 3.63. The Labute approximate surface area is 165 Å². The molecule has 0 bridgehead atoms. The summed E-state index contributed by atoms with van der Waals surface area (Å²) in [6.45, 7) is 5.71. The fraction of sp³-hybridized carbons (Fsp3) is 0.600. The first-order valence-electron chi connectivity index (χ1n) is 9.47. The van der Waals surface area contributed by atoms with Crippen LogP contribution in [-0.2, 0) is 20.7 Å². The molecule has 28 heavy (non-hydrogen) atoms. The first kappa shape index (κ1) is 20.4. The molecule has 3 rings (SSSR count). The summed E-state index contributed by atoms with van der Waals surface area (Å²) in [7, 11) is 1.72. The number of carboxylic acids is 1. The van der Waals surface area contributed by atoms with Gasteiger partial charge in [-0.25, -0.2) is 0 Å². The van der Waals surface area contributed by atoms with E-state index in [-0.39, 0.29) is 30.8 Å². The highest BCUT2D eigenvalue weighted by atomic mass is 16.5. The number of carbonyl (C=O) groups is 2. The smallest absolute Gasteiger partial charge is 0.317 e. The van der Waals surface area contributed by atoms with E-state index in [1.165, 1.54) is 0 Å². The van der Waals surface area contributed by atoms with Gasteiger partial charge >= 0.3 is 5.97 Å². The third-order valence-electron chi connectivity index (χ3n) is 4.82. The SMILES string of the molecule is CN(CC(=O)O)CC1CN(C(=O)COc2cccc3c2OC(C)(C)C3)CCO1. The van der Waals surface area contributed by atoms with Gasteiger partial charge in [0.25, 0.3) is 5.91 Å². The number of benzene rings is 1. The van der Waals surface area contributed by atoms with Gasteiger partial charge in [0.1, 0.15) is 5.60 Å². The van der Waals surface area contributed by atoms with Crippen LogP contribution in [0.5, 0.6) is 11.5 Å². The van der Waals surface area contributed by atoms with E-state index in [2.05, 4.69) is 0 Å². The van der Waals surface area contributed by atoms with Crippen LogP contribution in [0.4, 0.5) is 0 Å². The first-order valence-corrected chi connectivity index (χ1v) is 9.47. The first-order chi connectivity index (χ1) is 13.2. The van der Waals surface area contributed by atoms with Crippen LogP contribution in [0.2, 0.25) is 0 Å². The maximum absolute atomic E-state index is 12.6. The number of carbonyl (C=O) groups excluding carboxylic acids is 1. The van der Waals surface area contributed by atoms with Gasteiger partial charge in [-0.05, 0) is 27.0 Å². The van der Waals surface area contributed by atoms with E-state index in [1.807, 2.05) is 32.0 Å². The van der Waals surface area contributed by atoms with Crippen LogP contribution < -0.4 is 9.47 Å². The number of morpholine rings is 1. The van der Waals surface area contributed by atoms with Gasteiger partial charge in [-0.15, -0.1) is 0 Å². The lowest BCUT2D eigenvalue weighted by Crippen LogP contribution is -2.50. The number of aliphatic carboxylic acids is 1. The average molecular weight is 392 g/mol. The van der Waals surface area contributed by atoms with E-state index in [4.69, 9.17) is 19.3 Å². The molecular weight excluding hydrogens is 364 g/mol. The molecule has 0 saturated carbocycles. The van der Waals surface area contributed by atoms with Gasteiger partial charge in [-0.2, -0.15) is 0 Å². The Balaban J connectivity index is 1.53. The van der Waals surface area contributed by atoms with Crippen molar-refractivity contribution in [3.05, 3.63) is 23.8 Å². The highest BCUT2D eigenvalue weighted by molar-refractivity contribution is 5.78. The second kappa shape index (κ2) is 8.36. The van der Waals surface area contributed by atoms with E-state index in [0.29, 0.717) is 32.0 Å². The molecule has 8 heteroatoms. The third kappa shape index (κ3) is 5.14. The van der Waals surface area contributed by atoms with Crippen molar-refractivity contribution in [3.63, 3.8) is 0 Å². The molecule has 1 aromatic carbocycles. The van der Waals surface area contributed by atoms with E-state index in [0.717, 1.165) is 17.7 Å². The van der Waals surface area contributed by atoms with Gasteiger partial charge in [0.2, 0.25) is 0 Å². The van der Waals surface area contributed by atoms with Crippen molar-refractivity contribution in [2.75, 3.05) is 46.4 Å². The molecule has 1 unspecified atom stereocenters. The molecule has 0 radical (unpaired) electrons. The highest BCUT2D eigenvalue weighted by Gasteiger charge is 2.33. The van der Waals surface area contributed by atoms with Crippen LogP contribution >= 0.6 is 0 Å². The quantitative estimate of drug-likeness (QED) is 0.741. The monoisotopic (exact) mass is 392 g/mol. The molecule has 2 heterocycles. The molecule has 0 aliphatic carbocycles. The number of hydrogen-bond acceptors (Lipinski definition) is 6. The zero-order valence-corrected chi connectivity index (χ0v) is 16.6. The summed E-state index contributed by atoms with van der Waals surface area (Å²) in [4.78, 5) is 26.8. The van der Waals surface area contributed by atoms with Crippen molar-refractivity contribution in [1.29, 1.82) is 0 Å². The van der Waals surface area contributed by atoms with E-state index in [1.54, 1.807) is 16.8 Å². The average Bonchev–Trinajstić information content (AvgIpc) is 2.93. The molecule has 1 amide bonds. The lowest BCUT2D eigenvalue weighted by molar-refractivity contribution is -0.143. The molecule has 1 aromatic rings. The van der Waals surface area contributed by atoms with Crippen molar-refractivity contribution in [3.8, 4) is 11.5 Å². The molecule has 8 nitrogen and oxygen atoms in total. The molecule has 154 valence electrons. The zero-order chi connectivity index (χ0) is 20.3. The lowest BCUT2D eigenvalue weighted by atomic mass is 10.0. The summed E-state index contributed by atoms with van der Waals surface area (Å²) in [6.07, 6.45) is 0.592. The molecular formula is C20H28N2O6. The summed E-state index contributed by atoms with van der Waals surface area (Å²) in [5.74, 6) is 0.294. The summed E-state index contributed by atoms with van der Waals surface area (Å²) in [6, 6.07) is 5.74. The minimum absolute atomic E-state index is 0.0631. The second-order valence-electron chi connectivity index (χ2n) is 7.99. The lowest BCUT2D eigenvalue weighted by Gasteiger charge is -2.34. The van der Waals surface area contributed by atoms with Crippen LogP contribution in [0.1, 0.15) is 19.4 Å². The van der Waals surface area contributed by atoms with Crippen molar-refractivity contribution in [1.82, 2.24) is 9.80 Å². The Morgan fingerprint density at radius 2 is 2.18 bits per heavy atom. The second-order valence-corrected chi connectivity index (χ2v) is 7.99. The van der Waals surface area contributed by atoms with Crippen molar-refractivity contribution in [2.45, 2.75) is 32.0 Å². The fourth-order valence-electron chi connectivity index (χ4n) is 3.63. The van der Waals surface area contributed by atoms with Gasteiger partial charge in [0.15, 0.2) is 18.1 Å². The van der Waals surface area contributed by atoms with Gasteiger partial charge in [0, 0.05) is 31.6 Å². The van der Waals surface area contributed by atoms with Gasteiger partial charge in [0.05, 0.1) is 19.3 Å². The number of fused-ring (bicyclic) bond motifs is 1. The van der Waals surface area contributed by atoms with Crippen molar-refractivity contribution >= 4 is 11.9 Å². The molecule has 1 N–H and O–H groups in total. The molecule has 1 saturated heterocycles. The molecule has 1 atom stereocenters. The number of carboxylic acid groups (broad SMARTS) is 1. The minimum Gasteiger partial charge on any atom is -0.483 e. The summed E-state index contributed by atoms with van der Waals surface area (Å²) < 4.78 is 17.4. The number of rotatable bonds is 7. The molecule has 0 spiro atoms. The van der Waals surface area contributed by atoms with Gasteiger partial charge in [-0.1, -0.05) is 12.1 Å². The maximum atomic E-state index is 12.6. The number of likely N-dealkylation sites (N-methyl/N-ethyl adjacent to an activating group) is 1. The Kier molecular flexibility index (Phi) is 6.10. The molecule has 2 aliphatic rings. The van der Waals surface area contributed by atoms with E-state index >= 15 is 0 Å². The Bertz CT molecular complexity index is 735. The van der Waals surface area contributed by atoms with Crippen LogP contribution in [0, 0.1) is 0 Å². The van der Waals surface area contributed by atoms with E-state index in [9.17, 15) is 9.59 Å². The summed E-state index contributed by atoms with van der Waals surface area (Å²) in [5, 5.41) is 8.86. The van der Waals surface area contributed by atoms with Crippen LogP contribution in [0.15, 0.2) is 18.2 Å². The number of amides is 1. The van der Waals surface area contributed by atoms with Gasteiger partial charge in [-0.3, -0.25) is 14.5 Å². The van der Waals surface area contributed by atoms with E-state index < -0.39 is 5.97 Å². The Morgan fingerprint density at radius 1 is 1.39 bits per heavy atom. The van der Waals surface area contributed by atoms with Crippen molar-refractivity contribution < 1.29 is 28.9 Å².